The van der Waals surface area contributed by atoms with Crippen LogP contribution >= 0.6 is 0 Å². The van der Waals surface area contributed by atoms with Gasteiger partial charge in [0.15, 0.2) is 5.82 Å². The van der Waals surface area contributed by atoms with Crippen LogP contribution in [0.5, 0.6) is 0 Å². The highest BCUT2D eigenvalue weighted by Gasteiger charge is 2.18. The van der Waals surface area contributed by atoms with Crippen LogP contribution in [0.4, 0.5) is 0 Å². The zero-order valence-corrected chi connectivity index (χ0v) is 23.9. The summed E-state index contributed by atoms with van der Waals surface area (Å²) in [5.74, 6) is 0.827. The lowest BCUT2D eigenvalue weighted by Gasteiger charge is -2.19. The third kappa shape index (κ3) is 8.05. The van der Waals surface area contributed by atoms with E-state index >= 15 is 0 Å². The number of benzene rings is 2. The lowest BCUT2D eigenvalue weighted by atomic mass is 9.87. The van der Waals surface area contributed by atoms with Crippen molar-refractivity contribution in [1.29, 1.82) is 0 Å². The van der Waals surface area contributed by atoms with Crippen molar-refractivity contribution in [1.82, 2.24) is 25.4 Å². The highest BCUT2D eigenvalue weighted by atomic mass is 16.5. The summed E-state index contributed by atoms with van der Waals surface area (Å²) in [7, 11) is 0. The van der Waals surface area contributed by atoms with Crippen molar-refractivity contribution in [2.45, 2.75) is 84.2 Å². The number of carboxylic acid groups (broad SMARTS) is 1. The van der Waals surface area contributed by atoms with Gasteiger partial charge in [0.1, 0.15) is 6.04 Å². The molecule has 0 amide bonds. The Bertz CT molecular complexity index is 1360. The minimum absolute atomic E-state index is 0.0837. The molecule has 0 saturated heterocycles. The molecule has 0 bridgehead atoms. The zero-order valence-electron chi connectivity index (χ0n) is 23.9. The van der Waals surface area contributed by atoms with E-state index in [1.54, 1.807) is 12.4 Å². The summed E-state index contributed by atoms with van der Waals surface area (Å²) >= 11 is 0. The summed E-state index contributed by atoms with van der Waals surface area (Å²) in [5, 5.41) is 17.0. The number of hydrogen-bond donors (Lipinski definition) is 2. The van der Waals surface area contributed by atoms with Crippen molar-refractivity contribution < 1.29 is 14.4 Å². The lowest BCUT2D eigenvalue weighted by Crippen LogP contribution is -2.38. The van der Waals surface area contributed by atoms with Gasteiger partial charge in [0.05, 0.1) is 5.56 Å². The fourth-order valence-corrected chi connectivity index (χ4v) is 4.41. The van der Waals surface area contributed by atoms with E-state index in [0.717, 1.165) is 36.0 Å². The van der Waals surface area contributed by atoms with Gasteiger partial charge in [0, 0.05) is 30.9 Å². The second-order valence-electron chi connectivity index (χ2n) is 11.2. The van der Waals surface area contributed by atoms with Gasteiger partial charge in [0.25, 0.3) is 0 Å². The average molecular weight is 542 g/mol. The normalized spacial score (nSPS) is 12.4. The molecular weight excluding hydrogens is 502 g/mol. The number of rotatable bonds is 13. The van der Waals surface area contributed by atoms with Crippen LogP contribution in [-0.4, -0.2) is 37.2 Å². The van der Waals surface area contributed by atoms with Gasteiger partial charge in [-0.25, -0.2) is 9.97 Å². The molecule has 8 nitrogen and oxygen atoms in total. The van der Waals surface area contributed by atoms with Gasteiger partial charge in [-0.2, -0.15) is 4.98 Å². The molecule has 0 fully saturated rings. The molecular formula is C32H39N5O3. The molecule has 2 aromatic heterocycles. The van der Waals surface area contributed by atoms with Crippen molar-refractivity contribution >= 4 is 5.97 Å². The standard InChI is InChI=1S/C32H39N5O3/c1-5-6-7-8-9-28-36-30(37-40-28)25-20-34-29(35-21-25)24-14-10-22(11-15-24)18-27(31(38)39)33-19-23-12-16-26(17-13-23)32(2,3)4/h10-17,20-21,27,33H,5-9,18-19H2,1-4H3,(H,38,39)/t27-/m0/s1. The molecule has 2 N–H and O–H groups in total. The molecule has 0 saturated carbocycles. The molecule has 0 unspecified atom stereocenters. The van der Waals surface area contributed by atoms with Gasteiger partial charge in [-0.05, 0) is 34.9 Å². The predicted molar refractivity (Wildman–Crippen MR) is 156 cm³/mol. The van der Waals surface area contributed by atoms with Crippen LogP contribution in [0.2, 0.25) is 0 Å². The minimum Gasteiger partial charge on any atom is -0.480 e. The number of aliphatic carboxylic acids is 1. The zero-order chi connectivity index (χ0) is 28.5. The second-order valence-corrected chi connectivity index (χ2v) is 11.2. The summed E-state index contributed by atoms with van der Waals surface area (Å²) in [6.07, 6.45) is 9.13. The number of aromatic nitrogens is 4. The Kier molecular flexibility index (Phi) is 9.77. The van der Waals surface area contributed by atoms with Crippen LogP contribution in [0, 0.1) is 0 Å². The first kappa shape index (κ1) is 29.1. The first-order valence-corrected chi connectivity index (χ1v) is 14.0. The van der Waals surface area contributed by atoms with Gasteiger partial charge < -0.3 is 14.9 Å². The molecule has 0 spiro atoms. The van der Waals surface area contributed by atoms with Crippen LogP contribution in [0.3, 0.4) is 0 Å². The number of nitrogens with zero attached hydrogens (tertiary/aromatic N) is 4. The monoisotopic (exact) mass is 541 g/mol. The number of hydrogen-bond acceptors (Lipinski definition) is 7. The summed E-state index contributed by atoms with van der Waals surface area (Å²) in [5.41, 5.74) is 4.86. The SMILES string of the molecule is CCCCCCc1nc(-c2cnc(-c3ccc(C[C@H](NCc4ccc(C(C)(C)C)cc4)C(=O)O)cc3)nc2)no1. The van der Waals surface area contributed by atoms with Crippen molar-refractivity contribution in [3.8, 4) is 22.8 Å². The third-order valence-corrected chi connectivity index (χ3v) is 6.94. The Hall–Kier alpha value is -3.91. The minimum atomic E-state index is -0.875. The highest BCUT2D eigenvalue weighted by molar-refractivity contribution is 5.74. The van der Waals surface area contributed by atoms with Crippen LogP contribution in [-0.2, 0) is 29.6 Å². The maximum atomic E-state index is 11.9. The van der Waals surface area contributed by atoms with Crippen molar-refractivity contribution in [3.05, 3.63) is 83.5 Å². The van der Waals surface area contributed by atoms with E-state index in [0.29, 0.717) is 36.1 Å². The van der Waals surface area contributed by atoms with Gasteiger partial charge in [0.2, 0.25) is 11.7 Å². The molecule has 1 atom stereocenters. The van der Waals surface area contributed by atoms with E-state index in [1.807, 2.05) is 24.3 Å². The fraction of sp³-hybridized carbons (Fsp3) is 0.406. The number of carbonyl (C=O) groups is 1. The molecule has 4 rings (SSSR count). The van der Waals surface area contributed by atoms with Gasteiger partial charge in [-0.15, -0.1) is 0 Å². The maximum absolute atomic E-state index is 11.9. The second kappa shape index (κ2) is 13.4. The third-order valence-electron chi connectivity index (χ3n) is 6.94. The fourth-order valence-electron chi connectivity index (χ4n) is 4.41. The van der Waals surface area contributed by atoms with Crippen molar-refractivity contribution in [2.75, 3.05) is 0 Å². The lowest BCUT2D eigenvalue weighted by molar-refractivity contribution is -0.139. The Morgan fingerprint density at radius 2 is 1.57 bits per heavy atom. The largest absolute Gasteiger partial charge is 0.480 e. The number of nitrogens with one attached hydrogen (secondary N) is 1. The summed E-state index contributed by atoms with van der Waals surface area (Å²) in [6.45, 7) is 9.20. The molecule has 0 aliphatic carbocycles. The van der Waals surface area contributed by atoms with Crippen LogP contribution < -0.4 is 5.32 Å². The quantitative estimate of drug-likeness (QED) is 0.187. The molecule has 8 heteroatoms. The summed E-state index contributed by atoms with van der Waals surface area (Å²) in [6, 6.07) is 15.3. The Morgan fingerprint density at radius 3 is 2.20 bits per heavy atom. The molecule has 0 radical (unpaired) electrons. The Labute approximate surface area is 236 Å². The van der Waals surface area contributed by atoms with E-state index in [2.05, 4.69) is 77.4 Å². The molecule has 2 aromatic carbocycles. The first-order valence-electron chi connectivity index (χ1n) is 14.0. The van der Waals surface area contributed by atoms with Crippen molar-refractivity contribution in [2.24, 2.45) is 0 Å². The van der Waals surface area contributed by atoms with Gasteiger partial charge in [-0.1, -0.05) is 101 Å². The van der Waals surface area contributed by atoms with E-state index in [-0.39, 0.29) is 5.41 Å². The van der Waals surface area contributed by atoms with E-state index in [4.69, 9.17) is 4.52 Å². The van der Waals surface area contributed by atoms with E-state index in [9.17, 15) is 9.90 Å². The van der Waals surface area contributed by atoms with Gasteiger partial charge in [-0.3, -0.25) is 4.79 Å². The smallest absolute Gasteiger partial charge is 0.321 e. The van der Waals surface area contributed by atoms with Crippen LogP contribution in [0.1, 0.15) is 76.0 Å². The average Bonchev–Trinajstić information content (AvgIpc) is 3.42. The number of aryl methyl sites for hydroxylation is 1. The Balaban J connectivity index is 1.33. The first-order chi connectivity index (χ1) is 19.2. The topological polar surface area (TPSA) is 114 Å². The predicted octanol–water partition coefficient (Wildman–Crippen LogP) is 6.40. The molecule has 4 aromatic rings. The van der Waals surface area contributed by atoms with Crippen molar-refractivity contribution in [3.63, 3.8) is 0 Å². The molecule has 40 heavy (non-hydrogen) atoms. The molecule has 0 aliphatic rings. The summed E-state index contributed by atoms with van der Waals surface area (Å²) in [4.78, 5) is 25.4. The molecule has 210 valence electrons. The molecule has 2 heterocycles. The Morgan fingerprint density at radius 1 is 0.900 bits per heavy atom. The summed E-state index contributed by atoms with van der Waals surface area (Å²) < 4.78 is 5.37. The van der Waals surface area contributed by atoms with Crippen LogP contribution in [0.15, 0.2) is 65.4 Å². The van der Waals surface area contributed by atoms with E-state index in [1.165, 1.54) is 18.4 Å². The highest BCUT2D eigenvalue weighted by Crippen LogP contribution is 2.23. The number of carboxylic acids is 1. The van der Waals surface area contributed by atoms with Crippen LogP contribution in [0.25, 0.3) is 22.8 Å². The maximum Gasteiger partial charge on any atom is 0.321 e. The van der Waals surface area contributed by atoms with E-state index < -0.39 is 12.0 Å². The molecule has 0 aliphatic heterocycles. The van der Waals surface area contributed by atoms with Gasteiger partial charge >= 0.3 is 5.97 Å². The number of unbranched alkanes of at least 4 members (excludes halogenated alkanes) is 3.